The Bertz CT molecular complexity index is 387. The molecule has 2 fully saturated rings. The molecule has 3 atom stereocenters. The monoisotopic (exact) mass is 251 g/mol. The van der Waals surface area contributed by atoms with Gasteiger partial charge < -0.3 is 15.0 Å². The Labute approximate surface area is 107 Å². The van der Waals surface area contributed by atoms with E-state index in [0.29, 0.717) is 17.8 Å². The van der Waals surface area contributed by atoms with Crippen LogP contribution in [0.3, 0.4) is 0 Å². The Balaban J connectivity index is 1.72. The third kappa shape index (κ3) is 2.29. The van der Waals surface area contributed by atoms with Gasteiger partial charge in [-0.1, -0.05) is 11.6 Å². The van der Waals surface area contributed by atoms with E-state index in [1.807, 2.05) is 0 Å². The van der Waals surface area contributed by atoms with Crippen LogP contribution in [-0.2, 0) is 4.74 Å². The van der Waals surface area contributed by atoms with Crippen molar-refractivity contribution in [3.8, 4) is 0 Å². The Hall–Kier alpha value is -0.940. The van der Waals surface area contributed by atoms with E-state index >= 15 is 0 Å². The maximum absolute atomic E-state index is 5.80. The number of hydrogen-bond acceptors (Lipinski definition) is 5. The molecule has 18 heavy (non-hydrogen) atoms. The predicted octanol–water partition coefficient (Wildman–Crippen LogP) is 1.81. The highest BCUT2D eigenvalue weighted by Crippen LogP contribution is 2.38. The van der Waals surface area contributed by atoms with E-state index in [2.05, 4.69) is 10.1 Å². The fourth-order valence-electron chi connectivity index (χ4n) is 3.15. The fraction of sp³-hybridized carbons (Fsp3) is 0.846. The van der Waals surface area contributed by atoms with Crippen molar-refractivity contribution in [2.45, 2.75) is 43.9 Å². The van der Waals surface area contributed by atoms with Crippen LogP contribution in [0.2, 0.25) is 0 Å². The van der Waals surface area contributed by atoms with E-state index in [4.69, 9.17) is 15.0 Å². The number of hydrogen-bond donors (Lipinski definition) is 1. The summed E-state index contributed by atoms with van der Waals surface area (Å²) >= 11 is 0. The van der Waals surface area contributed by atoms with Crippen LogP contribution in [0.1, 0.15) is 55.7 Å². The SMILES string of the molecule is NCC1CCCC1c1nc(C2CCCOC2)no1. The Morgan fingerprint density at radius 3 is 2.94 bits per heavy atom. The second kappa shape index (κ2) is 5.36. The zero-order valence-corrected chi connectivity index (χ0v) is 10.7. The van der Waals surface area contributed by atoms with Gasteiger partial charge in [0, 0.05) is 18.4 Å². The van der Waals surface area contributed by atoms with Gasteiger partial charge >= 0.3 is 0 Å². The summed E-state index contributed by atoms with van der Waals surface area (Å²) in [5.41, 5.74) is 5.80. The predicted molar refractivity (Wildman–Crippen MR) is 66.2 cm³/mol. The number of aromatic nitrogens is 2. The molecule has 0 radical (unpaired) electrons. The molecule has 1 aromatic rings. The highest BCUT2D eigenvalue weighted by molar-refractivity contribution is 5.03. The Morgan fingerprint density at radius 1 is 1.22 bits per heavy atom. The molecule has 1 aromatic heterocycles. The van der Waals surface area contributed by atoms with Gasteiger partial charge in [0.05, 0.1) is 6.61 Å². The molecule has 2 aliphatic rings. The molecular formula is C13H21N3O2. The average Bonchev–Trinajstić information content (AvgIpc) is 3.08. The zero-order chi connectivity index (χ0) is 12.4. The molecule has 3 unspecified atom stereocenters. The molecule has 100 valence electrons. The van der Waals surface area contributed by atoms with Crippen LogP contribution in [0, 0.1) is 5.92 Å². The summed E-state index contributed by atoms with van der Waals surface area (Å²) in [6.45, 7) is 2.30. The summed E-state index contributed by atoms with van der Waals surface area (Å²) < 4.78 is 10.9. The molecule has 1 aliphatic heterocycles. The van der Waals surface area contributed by atoms with Crippen molar-refractivity contribution in [1.29, 1.82) is 0 Å². The topological polar surface area (TPSA) is 74.2 Å². The summed E-state index contributed by atoms with van der Waals surface area (Å²) in [7, 11) is 0. The smallest absolute Gasteiger partial charge is 0.230 e. The second-order valence-electron chi connectivity index (χ2n) is 5.44. The minimum absolute atomic E-state index is 0.314. The first-order chi connectivity index (χ1) is 8.88. The van der Waals surface area contributed by atoms with E-state index in [9.17, 15) is 0 Å². The maximum Gasteiger partial charge on any atom is 0.230 e. The molecule has 1 aliphatic carbocycles. The number of rotatable bonds is 3. The molecule has 0 bridgehead atoms. The van der Waals surface area contributed by atoms with Gasteiger partial charge in [-0.25, -0.2) is 0 Å². The third-order valence-electron chi connectivity index (χ3n) is 4.26. The molecule has 3 rings (SSSR count). The number of nitrogens with two attached hydrogens (primary N) is 1. The fourth-order valence-corrected chi connectivity index (χ4v) is 3.15. The molecule has 2 N–H and O–H groups in total. The van der Waals surface area contributed by atoms with Crippen LogP contribution in [0.5, 0.6) is 0 Å². The second-order valence-corrected chi connectivity index (χ2v) is 5.44. The van der Waals surface area contributed by atoms with Gasteiger partial charge in [0.15, 0.2) is 5.82 Å². The minimum atomic E-state index is 0.314. The van der Waals surface area contributed by atoms with E-state index in [1.54, 1.807) is 0 Å². The number of nitrogens with zero attached hydrogens (tertiary/aromatic N) is 2. The van der Waals surface area contributed by atoms with Crippen molar-refractivity contribution in [3.63, 3.8) is 0 Å². The first-order valence-electron chi connectivity index (χ1n) is 7.00. The highest BCUT2D eigenvalue weighted by atomic mass is 16.5. The van der Waals surface area contributed by atoms with Crippen LogP contribution in [-0.4, -0.2) is 29.9 Å². The van der Waals surface area contributed by atoms with Crippen LogP contribution in [0.15, 0.2) is 4.52 Å². The molecule has 2 heterocycles. The van der Waals surface area contributed by atoms with Gasteiger partial charge in [-0.2, -0.15) is 4.98 Å². The largest absolute Gasteiger partial charge is 0.381 e. The molecule has 0 spiro atoms. The van der Waals surface area contributed by atoms with E-state index < -0.39 is 0 Å². The lowest BCUT2D eigenvalue weighted by atomic mass is 9.96. The first kappa shape index (κ1) is 12.1. The normalized spacial score (nSPS) is 32.8. The maximum atomic E-state index is 5.80. The lowest BCUT2D eigenvalue weighted by molar-refractivity contribution is 0.0773. The quantitative estimate of drug-likeness (QED) is 0.886. The zero-order valence-electron chi connectivity index (χ0n) is 10.7. The van der Waals surface area contributed by atoms with Crippen molar-refractivity contribution in [2.24, 2.45) is 11.7 Å². The van der Waals surface area contributed by atoms with Gasteiger partial charge in [-0.3, -0.25) is 0 Å². The Morgan fingerprint density at radius 2 is 2.17 bits per heavy atom. The van der Waals surface area contributed by atoms with Crippen molar-refractivity contribution in [3.05, 3.63) is 11.7 Å². The lowest BCUT2D eigenvalue weighted by Gasteiger charge is -2.18. The van der Waals surface area contributed by atoms with Crippen LogP contribution in [0.25, 0.3) is 0 Å². The minimum Gasteiger partial charge on any atom is -0.381 e. The van der Waals surface area contributed by atoms with Crippen molar-refractivity contribution < 1.29 is 9.26 Å². The molecule has 0 amide bonds. The van der Waals surface area contributed by atoms with Gasteiger partial charge in [0.25, 0.3) is 0 Å². The molecule has 1 saturated heterocycles. The highest BCUT2D eigenvalue weighted by Gasteiger charge is 2.33. The average molecular weight is 251 g/mol. The van der Waals surface area contributed by atoms with Gasteiger partial charge in [-0.05, 0) is 38.1 Å². The molecular weight excluding hydrogens is 230 g/mol. The molecule has 5 heteroatoms. The standard InChI is InChI=1S/C13H21N3O2/c14-7-9-3-1-5-11(9)13-15-12(16-18-13)10-4-2-6-17-8-10/h9-11H,1-8,14H2. The summed E-state index contributed by atoms with van der Waals surface area (Å²) in [6, 6.07) is 0. The summed E-state index contributed by atoms with van der Waals surface area (Å²) in [4.78, 5) is 4.60. The lowest BCUT2D eigenvalue weighted by Crippen LogP contribution is -2.18. The van der Waals surface area contributed by atoms with Crippen molar-refractivity contribution in [1.82, 2.24) is 10.1 Å². The van der Waals surface area contributed by atoms with Gasteiger partial charge in [-0.15, -0.1) is 0 Å². The van der Waals surface area contributed by atoms with E-state index in [-0.39, 0.29) is 0 Å². The van der Waals surface area contributed by atoms with Crippen molar-refractivity contribution in [2.75, 3.05) is 19.8 Å². The summed E-state index contributed by atoms with van der Waals surface area (Å²) in [6.07, 6.45) is 5.72. The van der Waals surface area contributed by atoms with Gasteiger partial charge in [0.2, 0.25) is 5.89 Å². The summed E-state index contributed by atoms with van der Waals surface area (Å²) in [5, 5.41) is 4.15. The van der Waals surface area contributed by atoms with E-state index in [0.717, 1.165) is 50.7 Å². The van der Waals surface area contributed by atoms with E-state index in [1.165, 1.54) is 12.8 Å². The van der Waals surface area contributed by atoms with Gasteiger partial charge in [0.1, 0.15) is 0 Å². The van der Waals surface area contributed by atoms with Crippen LogP contribution >= 0.6 is 0 Å². The van der Waals surface area contributed by atoms with Crippen LogP contribution in [0.4, 0.5) is 0 Å². The number of ether oxygens (including phenoxy) is 1. The van der Waals surface area contributed by atoms with Crippen LogP contribution < -0.4 is 5.73 Å². The molecule has 1 saturated carbocycles. The molecule has 0 aromatic carbocycles. The Kier molecular flexibility index (Phi) is 3.61. The third-order valence-corrected chi connectivity index (χ3v) is 4.26. The first-order valence-corrected chi connectivity index (χ1v) is 7.00. The van der Waals surface area contributed by atoms with Crippen molar-refractivity contribution >= 4 is 0 Å². The molecule has 5 nitrogen and oxygen atoms in total. The summed E-state index contributed by atoms with van der Waals surface area (Å²) in [5.74, 6) is 2.83.